The predicted octanol–water partition coefficient (Wildman–Crippen LogP) is 6.15. The third-order valence-electron chi connectivity index (χ3n) is 5.17. The monoisotopic (exact) mass is 444 g/mol. The smallest absolute Gasteiger partial charge is 0.250 e. The number of rotatable bonds is 7. The lowest BCUT2D eigenvalue weighted by Crippen LogP contribution is -2.07. The Hall–Kier alpha value is -3.64. The van der Waals surface area contributed by atoms with Crippen LogP contribution in [0.15, 0.2) is 66.7 Å². The summed E-state index contributed by atoms with van der Waals surface area (Å²) in [6, 6.07) is 19.6. The predicted molar refractivity (Wildman–Crippen MR) is 131 cm³/mol. The minimum Gasteiger partial charge on any atom is -0.493 e. The van der Waals surface area contributed by atoms with E-state index >= 15 is 0 Å². The SMILES string of the molecule is COc1cc(/C=C/C(=O)Nc2nc3c(C)c(C)ccc3s2)ccc1OCc1ccccc1. The number of carbonyl (C=O) groups excluding carboxylic acids is 1. The summed E-state index contributed by atoms with van der Waals surface area (Å²) in [6.45, 7) is 4.56. The zero-order valence-corrected chi connectivity index (χ0v) is 19.0. The second-order valence-corrected chi connectivity index (χ2v) is 8.41. The summed E-state index contributed by atoms with van der Waals surface area (Å²) >= 11 is 1.47. The van der Waals surface area contributed by atoms with Crippen LogP contribution in [0.3, 0.4) is 0 Å². The molecular formula is C26H24N2O3S. The Kier molecular flexibility index (Phi) is 6.52. The molecule has 6 heteroatoms. The number of hydrogen-bond acceptors (Lipinski definition) is 5. The van der Waals surface area contributed by atoms with Gasteiger partial charge in [0.05, 0.1) is 17.3 Å². The van der Waals surface area contributed by atoms with Crippen molar-refractivity contribution in [1.82, 2.24) is 4.98 Å². The number of methoxy groups -OCH3 is 1. The van der Waals surface area contributed by atoms with Crippen molar-refractivity contribution in [2.75, 3.05) is 12.4 Å². The van der Waals surface area contributed by atoms with Gasteiger partial charge in [-0.15, -0.1) is 0 Å². The van der Waals surface area contributed by atoms with Crippen LogP contribution >= 0.6 is 11.3 Å². The molecule has 0 aliphatic rings. The van der Waals surface area contributed by atoms with Crippen LogP contribution in [0.1, 0.15) is 22.3 Å². The lowest BCUT2D eigenvalue weighted by atomic mass is 10.1. The van der Waals surface area contributed by atoms with Crippen LogP contribution < -0.4 is 14.8 Å². The average Bonchev–Trinajstić information content (AvgIpc) is 3.23. The molecular weight excluding hydrogens is 420 g/mol. The van der Waals surface area contributed by atoms with Crippen molar-refractivity contribution in [3.8, 4) is 11.5 Å². The maximum atomic E-state index is 12.4. The first-order chi connectivity index (χ1) is 15.5. The summed E-state index contributed by atoms with van der Waals surface area (Å²) < 4.78 is 12.4. The van der Waals surface area contributed by atoms with E-state index in [1.165, 1.54) is 23.0 Å². The van der Waals surface area contributed by atoms with Crippen LogP contribution in [0.4, 0.5) is 5.13 Å². The summed E-state index contributed by atoms with van der Waals surface area (Å²) in [6.07, 6.45) is 3.23. The molecule has 0 spiro atoms. The highest BCUT2D eigenvalue weighted by Crippen LogP contribution is 2.30. The van der Waals surface area contributed by atoms with Crippen LogP contribution in [-0.4, -0.2) is 18.0 Å². The molecule has 0 atom stereocenters. The lowest BCUT2D eigenvalue weighted by Gasteiger charge is -2.11. The van der Waals surface area contributed by atoms with Gasteiger partial charge in [0.1, 0.15) is 6.61 Å². The van der Waals surface area contributed by atoms with Crippen molar-refractivity contribution >= 4 is 38.7 Å². The molecule has 0 bridgehead atoms. The van der Waals surface area contributed by atoms with E-state index in [-0.39, 0.29) is 5.91 Å². The van der Waals surface area contributed by atoms with Gasteiger partial charge in [0.15, 0.2) is 16.6 Å². The Bertz CT molecular complexity index is 1280. The first-order valence-corrected chi connectivity index (χ1v) is 11.1. The van der Waals surface area contributed by atoms with Gasteiger partial charge in [-0.3, -0.25) is 10.1 Å². The largest absolute Gasteiger partial charge is 0.493 e. The van der Waals surface area contributed by atoms with Crippen LogP contribution in [0.2, 0.25) is 0 Å². The zero-order valence-electron chi connectivity index (χ0n) is 18.2. The van der Waals surface area contributed by atoms with E-state index in [1.54, 1.807) is 13.2 Å². The van der Waals surface area contributed by atoms with Gasteiger partial charge >= 0.3 is 0 Å². The number of carbonyl (C=O) groups is 1. The number of hydrogen-bond donors (Lipinski definition) is 1. The van der Waals surface area contributed by atoms with E-state index in [9.17, 15) is 4.79 Å². The molecule has 5 nitrogen and oxygen atoms in total. The molecule has 0 radical (unpaired) electrons. The number of aryl methyl sites for hydroxylation is 2. The number of anilines is 1. The minimum absolute atomic E-state index is 0.234. The van der Waals surface area contributed by atoms with E-state index < -0.39 is 0 Å². The molecule has 4 aromatic rings. The molecule has 32 heavy (non-hydrogen) atoms. The molecule has 0 aliphatic carbocycles. The van der Waals surface area contributed by atoms with Crippen molar-refractivity contribution in [2.24, 2.45) is 0 Å². The number of thiazole rings is 1. The molecule has 0 fully saturated rings. The van der Waals surface area contributed by atoms with Gasteiger partial charge in [0.2, 0.25) is 5.91 Å². The lowest BCUT2D eigenvalue weighted by molar-refractivity contribution is -0.111. The number of benzene rings is 3. The van der Waals surface area contributed by atoms with E-state index in [1.807, 2.05) is 61.5 Å². The second kappa shape index (κ2) is 9.66. The van der Waals surface area contributed by atoms with Crippen LogP contribution in [-0.2, 0) is 11.4 Å². The topological polar surface area (TPSA) is 60.5 Å². The average molecular weight is 445 g/mol. The number of nitrogens with zero attached hydrogens (tertiary/aromatic N) is 1. The summed E-state index contributed by atoms with van der Waals surface area (Å²) in [4.78, 5) is 17.0. The summed E-state index contributed by atoms with van der Waals surface area (Å²) in [7, 11) is 1.60. The fourth-order valence-corrected chi connectivity index (χ4v) is 4.17. The molecule has 0 saturated heterocycles. The van der Waals surface area contributed by atoms with E-state index in [2.05, 4.69) is 23.3 Å². The summed E-state index contributed by atoms with van der Waals surface area (Å²) in [5, 5.41) is 3.44. The van der Waals surface area contributed by atoms with Crippen LogP contribution in [0.25, 0.3) is 16.3 Å². The van der Waals surface area contributed by atoms with E-state index in [0.29, 0.717) is 23.2 Å². The normalized spacial score (nSPS) is 11.1. The van der Waals surface area contributed by atoms with Crippen LogP contribution in [0, 0.1) is 13.8 Å². The Morgan fingerprint density at radius 1 is 1.06 bits per heavy atom. The standard InChI is InChI=1S/C26H24N2O3S/c1-17-9-13-23-25(18(17)2)28-26(32-23)27-24(29)14-11-19-10-12-21(22(15-19)30-3)31-16-20-7-5-4-6-8-20/h4-15H,16H2,1-3H3,(H,27,28,29)/b14-11+. The maximum absolute atomic E-state index is 12.4. The molecule has 4 rings (SSSR count). The van der Waals surface area contributed by atoms with Gasteiger partial charge in [0.25, 0.3) is 0 Å². The summed E-state index contributed by atoms with van der Waals surface area (Å²) in [5.41, 5.74) is 5.17. The fraction of sp³-hybridized carbons (Fsp3) is 0.154. The van der Waals surface area contributed by atoms with E-state index in [0.717, 1.165) is 26.9 Å². The Morgan fingerprint density at radius 2 is 1.88 bits per heavy atom. The highest BCUT2D eigenvalue weighted by Gasteiger charge is 2.10. The molecule has 1 heterocycles. The number of nitrogens with one attached hydrogen (secondary N) is 1. The van der Waals surface area contributed by atoms with Crippen molar-refractivity contribution in [3.63, 3.8) is 0 Å². The highest BCUT2D eigenvalue weighted by molar-refractivity contribution is 7.22. The highest BCUT2D eigenvalue weighted by atomic mass is 32.1. The number of fused-ring (bicyclic) bond motifs is 1. The van der Waals surface area contributed by atoms with Gasteiger partial charge in [-0.2, -0.15) is 0 Å². The quantitative estimate of drug-likeness (QED) is 0.347. The fourth-order valence-electron chi connectivity index (χ4n) is 3.24. The summed E-state index contributed by atoms with van der Waals surface area (Å²) in [5.74, 6) is 1.03. The van der Waals surface area contributed by atoms with Crippen LogP contribution in [0.5, 0.6) is 11.5 Å². The number of ether oxygens (including phenoxy) is 2. The molecule has 162 valence electrons. The first kappa shape index (κ1) is 21.6. The Labute approximate surface area is 191 Å². The van der Waals surface area contributed by atoms with Gasteiger partial charge in [-0.1, -0.05) is 53.8 Å². The second-order valence-electron chi connectivity index (χ2n) is 7.38. The number of amides is 1. The van der Waals surface area contributed by atoms with E-state index in [4.69, 9.17) is 9.47 Å². The molecule has 1 aromatic heterocycles. The molecule has 1 amide bonds. The van der Waals surface area contributed by atoms with Crippen molar-refractivity contribution < 1.29 is 14.3 Å². The molecule has 0 aliphatic heterocycles. The van der Waals surface area contributed by atoms with Gasteiger partial charge in [-0.25, -0.2) is 4.98 Å². The van der Waals surface area contributed by atoms with Gasteiger partial charge in [-0.05, 0) is 60.4 Å². The van der Waals surface area contributed by atoms with Crippen molar-refractivity contribution in [1.29, 1.82) is 0 Å². The Morgan fingerprint density at radius 3 is 2.66 bits per heavy atom. The zero-order chi connectivity index (χ0) is 22.5. The molecule has 0 unspecified atom stereocenters. The van der Waals surface area contributed by atoms with Crippen molar-refractivity contribution in [2.45, 2.75) is 20.5 Å². The Balaban J connectivity index is 1.42. The molecule has 1 N–H and O–H groups in total. The third kappa shape index (κ3) is 4.98. The number of aromatic nitrogens is 1. The van der Waals surface area contributed by atoms with Gasteiger partial charge in [0, 0.05) is 6.08 Å². The maximum Gasteiger partial charge on any atom is 0.250 e. The van der Waals surface area contributed by atoms with Crippen molar-refractivity contribution in [3.05, 3.63) is 89.0 Å². The third-order valence-corrected chi connectivity index (χ3v) is 6.10. The minimum atomic E-state index is -0.234. The molecule has 3 aromatic carbocycles. The first-order valence-electron chi connectivity index (χ1n) is 10.2. The molecule has 0 saturated carbocycles. The van der Waals surface area contributed by atoms with Gasteiger partial charge < -0.3 is 9.47 Å².